The molecule has 2 rings (SSSR count). The van der Waals surface area contributed by atoms with Crippen molar-refractivity contribution in [2.75, 3.05) is 38.4 Å². The second-order valence-electron chi connectivity index (χ2n) is 5.35. The van der Waals surface area contributed by atoms with Crippen molar-refractivity contribution < 1.29 is 9.47 Å². The van der Waals surface area contributed by atoms with E-state index in [9.17, 15) is 5.26 Å². The lowest BCUT2D eigenvalue weighted by Crippen LogP contribution is -2.15. The monoisotopic (exact) mass is 374 g/mol. The first-order valence-corrected chi connectivity index (χ1v) is 8.08. The summed E-state index contributed by atoms with van der Waals surface area (Å²) in [4.78, 5) is 14.0. The van der Waals surface area contributed by atoms with Gasteiger partial charge in [0.15, 0.2) is 17.3 Å². The second kappa shape index (κ2) is 8.36. The summed E-state index contributed by atoms with van der Waals surface area (Å²) in [6, 6.07) is 5.47. The van der Waals surface area contributed by atoms with Crippen molar-refractivity contribution in [1.82, 2.24) is 15.0 Å². The topological polar surface area (TPSA) is 110 Å². The summed E-state index contributed by atoms with van der Waals surface area (Å²) >= 11 is 6.25. The molecule has 0 radical (unpaired) electrons. The molecule has 0 bridgehead atoms. The molecule has 0 unspecified atom stereocenters. The van der Waals surface area contributed by atoms with E-state index in [0.717, 1.165) is 0 Å². The Labute approximate surface area is 156 Å². The van der Waals surface area contributed by atoms with Crippen molar-refractivity contribution in [3.63, 3.8) is 0 Å². The van der Waals surface area contributed by atoms with Gasteiger partial charge < -0.3 is 20.1 Å². The molecule has 0 saturated carbocycles. The van der Waals surface area contributed by atoms with Gasteiger partial charge >= 0.3 is 0 Å². The standard InChI is InChI=1S/C17H19ClN6O2/c1-5-26-13-8-10(7-12(18)14(13)25-4)6-11(9-19)15-21-16(20)23-17(22-15)24(2)3/h6-8H,5H2,1-4H3,(H2,20,21,22,23)/b11-6+. The van der Waals surface area contributed by atoms with Crippen LogP contribution in [0.4, 0.5) is 11.9 Å². The fourth-order valence-electron chi connectivity index (χ4n) is 2.15. The molecule has 0 saturated heterocycles. The molecule has 0 spiro atoms. The van der Waals surface area contributed by atoms with Crippen LogP contribution in [-0.2, 0) is 0 Å². The molecule has 0 atom stereocenters. The molecule has 2 N–H and O–H groups in total. The van der Waals surface area contributed by atoms with Gasteiger partial charge in [-0.15, -0.1) is 0 Å². The Morgan fingerprint density at radius 1 is 1.35 bits per heavy atom. The third-order valence-corrected chi connectivity index (χ3v) is 3.53. The highest BCUT2D eigenvalue weighted by molar-refractivity contribution is 6.32. The average Bonchev–Trinajstić information content (AvgIpc) is 2.59. The van der Waals surface area contributed by atoms with E-state index in [1.165, 1.54) is 7.11 Å². The fourth-order valence-corrected chi connectivity index (χ4v) is 2.44. The molecule has 136 valence electrons. The summed E-state index contributed by atoms with van der Waals surface area (Å²) in [7, 11) is 5.05. The van der Waals surface area contributed by atoms with Crippen LogP contribution in [0.15, 0.2) is 12.1 Å². The van der Waals surface area contributed by atoms with Crippen molar-refractivity contribution in [1.29, 1.82) is 5.26 Å². The van der Waals surface area contributed by atoms with Gasteiger partial charge in [0.1, 0.15) is 6.07 Å². The Hall–Kier alpha value is -3.05. The van der Waals surface area contributed by atoms with Crippen LogP contribution >= 0.6 is 11.6 Å². The zero-order valence-corrected chi connectivity index (χ0v) is 15.7. The van der Waals surface area contributed by atoms with E-state index < -0.39 is 0 Å². The summed E-state index contributed by atoms with van der Waals surface area (Å²) < 4.78 is 10.8. The molecule has 1 aromatic carbocycles. The predicted molar refractivity (Wildman–Crippen MR) is 101 cm³/mol. The molecule has 0 aliphatic heterocycles. The van der Waals surface area contributed by atoms with Crippen LogP contribution in [0.5, 0.6) is 11.5 Å². The molecular weight excluding hydrogens is 356 g/mol. The van der Waals surface area contributed by atoms with E-state index >= 15 is 0 Å². The fraction of sp³-hybridized carbons (Fsp3) is 0.294. The SMILES string of the molecule is CCOc1cc(/C=C(\C#N)c2nc(N)nc(N(C)C)n2)cc(Cl)c1OC. The number of ether oxygens (including phenoxy) is 2. The number of allylic oxidation sites excluding steroid dienone is 1. The first-order valence-electron chi connectivity index (χ1n) is 7.71. The third-order valence-electron chi connectivity index (χ3n) is 3.25. The summed E-state index contributed by atoms with van der Waals surface area (Å²) in [5.74, 6) is 1.48. The number of rotatable bonds is 6. The summed E-state index contributed by atoms with van der Waals surface area (Å²) in [5.41, 5.74) is 6.58. The molecule has 26 heavy (non-hydrogen) atoms. The molecule has 0 fully saturated rings. The number of nitriles is 1. The van der Waals surface area contributed by atoms with Gasteiger partial charge in [0.2, 0.25) is 11.9 Å². The number of hydrogen-bond donors (Lipinski definition) is 1. The van der Waals surface area contributed by atoms with Crippen LogP contribution in [0.2, 0.25) is 5.02 Å². The lowest BCUT2D eigenvalue weighted by molar-refractivity contribution is 0.311. The van der Waals surface area contributed by atoms with E-state index in [1.807, 2.05) is 6.92 Å². The lowest BCUT2D eigenvalue weighted by Gasteiger charge is -2.12. The number of benzene rings is 1. The smallest absolute Gasteiger partial charge is 0.230 e. The van der Waals surface area contributed by atoms with Crippen molar-refractivity contribution in [2.24, 2.45) is 0 Å². The van der Waals surface area contributed by atoms with Crippen LogP contribution in [0.1, 0.15) is 18.3 Å². The average molecular weight is 375 g/mol. The largest absolute Gasteiger partial charge is 0.491 e. The maximum absolute atomic E-state index is 9.54. The number of aromatic nitrogens is 3. The molecule has 2 aromatic rings. The van der Waals surface area contributed by atoms with E-state index in [-0.39, 0.29) is 17.3 Å². The van der Waals surface area contributed by atoms with Gasteiger partial charge in [-0.2, -0.15) is 20.2 Å². The minimum atomic E-state index is 0.0302. The molecule has 8 nitrogen and oxygen atoms in total. The molecule has 0 aliphatic rings. The quantitative estimate of drug-likeness (QED) is 0.768. The van der Waals surface area contributed by atoms with Crippen LogP contribution in [0.3, 0.4) is 0 Å². The Kier molecular flexibility index (Phi) is 6.20. The molecular formula is C17H19ClN6O2. The number of nitrogens with two attached hydrogens (primary N) is 1. The highest BCUT2D eigenvalue weighted by Crippen LogP contribution is 2.37. The number of halogens is 1. The van der Waals surface area contributed by atoms with E-state index in [1.54, 1.807) is 37.2 Å². The minimum absolute atomic E-state index is 0.0302. The Bertz CT molecular complexity index is 876. The first-order chi connectivity index (χ1) is 12.4. The van der Waals surface area contributed by atoms with Gasteiger partial charge in [-0.25, -0.2) is 0 Å². The second-order valence-corrected chi connectivity index (χ2v) is 5.76. The molecule has 9 heteroatoms. The Morgan fingerprint density at radius 2 is 2.08 bits per heavy atom. The number of methoxy groups -OCH3 is 1. The van der Waals surface area contributed by atoms with Crippen molar-refractivity contribution in [2.45, 2.75) is 6.92 Å². The third kappa shape index (κ3) is 4.32. The molecule has 1 aromatic heterocycles. The normalized spacial score (nSPS) is 11.0. The van der Waals surface area contributed by atoms with Crippen LogP contribution in [-0.4, -0.2) is 42.8 Å². The van der Waals surface area contributed by atoms with E-state index in [2.05, 4.69) is 21.0 Å². The van der Waals surface area contributed by atoms with Gasteiger partial charge in [-0.3, -0.25) is 0 Å². The first kappa shape index (κ1) is 19.3. The summed E-state index contributed by atoms with van der Waals surface area (Å²) in [6.07, 6.45) is 1.60. The van der Waals surface area contributed by atoms with Crippen molar-refractivity contribution in [3.8, 4) is 17.6 Å². The van der Waals surface area contributed by atoms with Crippen LogP contribution in [0.25, 0.3) is 11.6 Å². The zero-order valence-electron chi connectivity index (χ0n) is 14.9. The highest BCUT2D eigenvalue weighted by Gasteiger charge is 2.14. The number of hydrogen-bond acceptors (Lipinski definition) is 8. The highest BCUT2D eigenvalue weighted by atomic mass is 35.5. The van der Waals surface area contributed by atoms with E-state index in [0.29, 0.717) is 34.6 Å². The van der Waals surface area contributed by atoms with Crippen LogP contribution < -0.4 is 20.1 Å². The van der Waals surface area contributed by atoms with Gasteiger partial charge in [-0.1, -0.05) is 11.6 Å². The lowest BCUT2D eigenvalue weighted by atomic mass is 10.1. The zero-order chi connectivity index (χ0) is 19.3. The number of nitrogen functional groups attached to an aromatic ring is 1. The maximum atomic E-state index is 9.54. The summed E-state index contributed by atoms with van der Waals surface area (Å²) in [5, 5.41) is 9.91. The van der Waals surface area contributed by atoms with Crippen molar-refractivity contribution >= 4 is 35.1 Å². The molecule has 1 heterocycles. The van der Waals surface area contributed by atoms with Gasteiger partial charge in [0, 0.05) is 14.1 Å². The van der Waals surface area contributed by atoms with Gasteiger partial charge in [0.25, 0.3) is 0 Å². The Morgan fingerprint density at radius 3 is 2.65 bits per heavy atom. The van der Waals surface area contributed by atoms with E-state index in [4.69, 9.17) is 26.8 Å². The van der Waals surface area contributed by atoms with Gasteiger partial charge in [-0.05, 0) is 30.7 Å². The number of nitrogens with zero attached hydrogens (tertiary/aromatic N) is 5. The minimum Gasteiger partial charge on any atom is -0.491 e. The van der Waals surface area contributed by atoms with Crippen LogP contribution in [0, 0.1) is 11.3 Å². The van der Waals surface area contributed by atoms with Gasteiger partial charge in [0.05, 0.1) is 24.3 Å². The molecule has 0 aliphatic carbocycles. The Balaban J connectivity index is 2.55. The number of anilines is 2. The molecule has 0 amide bonds. The predicted octanol–water partition coefficient (Wildman–Crippen LogP) is 2.64. The van der Waals surface area contributed by atoms with Crippen molar-refractivity contribution in [3.05, 3.63) is 28.5 Å². The summed E-state index contributed by atoms with van der Waals surface area (Å²) in [6.45, 7) is 2.30. The maximum Gasteiger partial charge on any atom is 0.230 e.